The molecule has 0 aliphatic carbocycles. The molecule has 0 aliphatic rings. The molecule has 3 nitrogen and oxygen atoms in total. The van der Waals surface area contributed by atoms with Gasteiger partial charge in [0.05, 0.1) is 5.92 Å². The SMILES string of the molecule is CCC(CN)C(=O)Nc1ccc2sccc2c1. The lowest BCUT2D eigenvalue weighted by Crippen LogP contribution is -2.28. The molecule has 17 heavy (non-hydrogen) atoms. The van der Waals surface area contributed by atoms with Crippen LogP contribution >= 0.6 is 11.3 Å². The van der Waals surface area contributed by atoms with Crippen molar-refractivity contribution < 1.29 is 4.79 Å². The number of carbonyl (C=O) groups is 1. The van der Waals surface area contributed by atoms with E-state index in [0.717, 1.165) is 17.5 Å². The first-order valence-corrected chi connectivity index (χ1v) is 6.60. The van der Waals surface area contributed by atoms with Gasteiger partial charge in [0, 0.05) is 16.9 Å². The Morgan fingerprint density at radius 2 is 2.29 bits per heavy atom. The molecule has 0 saturated carbocycles. The molecule has 1 heterocycles. The van der Waals surface area contributed by atoms with Gasteiger partial charge in [0.15, 0.2) is 0 Å². The first-order chi connectivity index (χ1) is 8.24. The topological polar surface area (TPSA) is 55.1 Å². The number of nitrogens with two attached hydrogens (primary N) is 1. The van der Waals surface area contributed by atoms with E-state index in [1.165, 1.54) is 4.70 Å². The Labute approximate surface area is 105 Å². The van der Waals surface area contributed by atoms with Gasteiger partial charge in [-0.15, -0.1) is 11.3 Å². The Balaban J connectivity index is 2.14. The summed E-state index contributed by atoms with van der Waals surface area (Å²) in [7, 11) is 0. The highest BCUT2D eigenvalue weighted by Gasteiger charge is 2.14. The molecule has 1 aromatic carbocycles. The predicted molar refractivity (Wildman–Crippen MR) is 73.3 cm³/mol. The highest BCUT2D eigenvalue weighted by molar-refractivity contribution is 7.17. The van der Waals surface area contributed by atoms with Crippen LogP contribution in [0.3, 0.4) is 0 Å². The maximum absolute atomic E-state index is 11.9. The van der Waals surface area contributed by atoms with Gasteiger partial charge >= 0.3 is 0 Å². The minimum atomic E-state index is -0.104. The molecule has 0 radical (unpaired) electrons. The van der Waals surface area contributed by atoms with E-state index < -0.39 is 0 Å². The molecule has 0 saturated heterocycles. The molecule has 1 amide bonds. The highest BCUT2D eigenvalue weighted by atomic mass is 32.1. The second kappa shape index (κ2) is 5.29. The van der Waals surface area contributed by atoms with Crippen molar-refractivity contribution in [3.63, 3.8) is 0 Å². The number of anilines is 1. The second-order valence-corrected chi connectivity index (χ2v) is 4.95. The Bertz CT molecular complexity index is 517. The molecule has 1 unspecified atom stereocenters. The molecule has 2 rings (SSSR count). The van der Waals surface area contributed by atoms with E-state index in [9.17, 15) is 4.79 Å². The van der Waals surface area contributed by atoms with Gasteiger partial charge in [0.2, 0.25) is 5.91 Å². The minimum Gasteiger partial charge on any atom is -0.330 e. The second-order valence-electron chi connectivity index (χ2n) is 4.00. The number of fused-ring (bicyclic) bond motifs is 1. The number of amides is 1. The molecule has 0 spiro atoms. The monoisotopic (exact) mass is 248 g/mol. The standard InChI is InChI=1S/C13H16N2OS/c1-2-9(8-14)13(16)15-11-3-4-12-10(7-11)5-6-17-12/h3-7,9H,2,8,14H2,1H3,(H,15,16). The van der Waals surface area contributed by atoms with Crippen molar-refractivity contribution >= 4 is 33.0 Å². The predicted octanol–water partition coefficient (Wildman–Crippen LogP) is 2.82. The third-order valence-electron chi connectivity index (χ3n) is 2.87. The Morgan fingerprint density at radius 1 is 1.47 bits per heavy atom. The third kappa shape index (κ3) is 2.65. The highest BCUT2D eigenvalue weighted by Crippen LogP contribution is 2.24. The average molecular weight is 248 g/mol. The van der Waals surface area contributed by atoms with Gasteiger partial charge < -0.3 is 11.1 Å². The maximum Gasteiger partial charge on any atom is 0.228 e. The summed E-state index contributed by atoms with van der Waals surface area (Å²) in [6.07, 6.45) is 0.767. The van der Waals surface area contributed by atoms with E-state index in [-0.39, 0.29) is 11.8 Å². The van der Waals surface area contributed by atoms with E-state index in [0.29, 0.717) is 6.54 Å². The van der Waals surface area contributed by atoms with Gasteiger partial charge in [-0.25, -0.2) is 0 Å². The zero-order valence-corrected chi connectivity index (χ0v) is 10.6. The molecule has 3 N–H and O–H groups in total. The van der Waals surface area contributed by atoms with Gasteiger partial charge in [-0.2, -0.15) is 0 Å². The van der Waals surface area contributed by atoms with Crippen LogP contribution in [0.25, 0.3) is 10.1 Å². The van der Waals surface area contributed by atoms with Crippen LogP contribution in [0.2, 0.25) is 0 Å². The van der Waals surface area contributed by atoms with Crippen molar-refractivity contribution in [3.05, 3.63) is 29.6 Å². The summed E-state index contributed by atoms with van der Waals surface area (Å²) >= 11 is 1.70. The fourth-order valence-electron chi connectivity index (χ4n) is 1.75. The number of rotatable bonds is 4. The third-order valence-corrected chi connectivity index (χ3v) is 3.77. The molecule has 0 aliphatic heterocycles. The summed E-state index contributed by atoms with van der Waals surface area (Å²) in [5.74, 6) is -0.0993. The summed E-state index contributed by atoms with van der Waals surface area (Å²) in [5.41, 5.74) is 6.39. The average Bonchev–Trinajstić information content (AvgIpc) is 2.77. The van der Waals surface area contributed by atoms with E-state index in [1.807, 2.05) is 30.5 Å². The number of hydrogen-bond donors (Lipinski definition) is 2. The Morgan fingerprint density at radius 3 is 3.00 bits per heavy atom. The molecular formula is C13H16N2OS. The molecule has 0 bridgehead atoms. The number of carbonyl (C=O) groups excluding carboxylic acids is 1. The molecule has 0 fully saturated rings. The molecule has 4 heteroatoms. The Hall–Kier alpha value is -1.39. The zero-order valence-electron chi connectivity index (χ0n) is 9.77. The van der Waals surface area contributed by atoms with Crippen LogP contribution < -0.4 is 11.1 Å². The van der Waals surface area contributed by atoms with Crippen LogP contribution in [0.5, 0.6) is 0 Å². The van der Waals surface area contributed by atoms with Crippen molar-refractivity contribution in [2.45, 2.75) is 13.3 Å². The number of thiophene rings is 1. The van der Waals surface area contributed by atoms with Gasteiger partial charge in [-0.3, -0.25) is 4.79 Å². The lowest BCUT2D eigenvalue weighted by molar-refractivity contribution is -0.119. The zero-order chi connectivity index (χ0) is 12.3. The van der Waals surface area contributed by atoms with Crippen molar-refractivity contribution in [3.8, 4) is 0 Å². The van der Waals surface area contributed by atoms with Crippen molar-refractivity contribution in [1.82, 2.24) is 0 Å². The van der Waals surface area contributed by atoms with Gasteiger partial charge in [-0.1, -0.05) is 6.92 Å². The smallest absolute Gasteiger partial charge is 0.228 e. The first-order valence-electron chi connectivity index (χ1n) is 5.72. The van der Waals surface area contributed by atoms with Gasteiger partial charge in [0.1, 0.15) is 0 Å². The van der Waals surface area contributed by atoms with Crippen LogP contribution in [0.1, 0.15) is 13.3 Å². The fraction of sp³-hybridized carbons (Fsp3) is 0.308. The van der Waals surface area contributed by atoms with E-state index in [1.54, 1.807) is 11.3 Å². The Kier molecular flexibility index (Phi) is 3.76. The summed E-state index contributed by atoms with van der Waals surface area (Å²) in [5, 5.41) is 6.12. The van der Waals surface area contributed by atoms with E-state index in [2.05, 4.69) is 11.4 Å². The lowest BCUT2D eigenvalue weighted by Gasteiger charge is -2.12. The van der Waals surface area contributed by atoms with Crippen LogP contribution in [0.15, 0.2) is 29.6 Å². The summed E-state index contributed by atoms with van der Waals surface area (Å²) in [4.78, 5) is 11.9. The largest absolute Gasteiger partial charge is 0.330 e. The van der Waals surface area contributed by atoms with Crippen molar-refractivity contribution in [2.75, 3.05) is 11.9 Å². The lowest BCUT2D eigenvalue weighted by atomic mass is 10.1. The first kappa shape index (κ1) is 12.1. The molecule has 2 aromatic rings. The van der Waals surface area contributed by atoms with Crippen molar-refractivity contribution in [2.24, 2.45) is 11.7 Å². The van der Waals surface area contributed by atoms with E-state index >= 15 is 0 Å². The van der Waals surface area contributed by atoms with E-state index in [4.69, 9.17) is 5.73 Å². The van der Waals surface area contributed by atoms with Crippen molar-refractivity contribution in [1.29, 1.82) is 0 Å². The summed E-state index contributed by atoms with van der Waals surface area (Å²) < 4.78 is 1.23. The minimum absolute atomic E-state index is 0.00424. The summed E-state index contributed by atoms with van der Waals surface area (Å²) in [6, 6.07) is 8.00. The molecule has 1 aromatic heterocycles. The van der Waals surface area contributed by atoms with Gasteiger partial charge in [0.25, 0.3) is 0 Å². The molecular weight excluding hydrogens is 232 g/mol. The molecule has 1 atom stereocenters. The number of hydrogen-bond acceptors (Lipinski definition) is 3. The number of nitrogens with one attached hydrogen (secondary N) is 1. The number of benzene rings is 1. The van der Waals surface area contributed by atoms with Crippen LogP contribution in [0.4, 0.5) is 5.69 Å². The fourth-order valence-corrected chi connectivity index (χ4v) is 2.52. The van der Waals surface area contributed by atoms with Crippen LogP contribution in [-0.2, 0) is 4.79 Å². The maximum atomic E-state index is 11.9. The summed E-state index contributed by atoms with van der Waals surface area (Å²) in [6.45, 7) is 2.36. The van der Waals surface area contributed by atoms with Crippen LogP contribution in [0, 0.1) is 5.92 Å². The molecule has 90 valence electrons. The normalized spacial score (nSPS) is 12.6. The van der Waals surface area contributed by atoms with Gasteiger partial charge in [-0.05, 0) is 41.5 Å². The quantitative estimate of drug-likeness (QED) is 0.874. The van der Waals surface area contributed by atoms with Crippen LogP contribution in [-0.4, -0.2) is 12.5 Å².